The standard InChI is InChI=1S/C17H28N2/c1-14(9-11-18)19(2)12-10-15-7-8-16-5-3-4-6-17(16)13-15/h7-8,13-14H,3-6,9-12,18H2,1-2H3. The third-order valence-corrected chi connectivity index (χ3v) is 4.50. The topological polar surface area (TPSA) is 29.3 Å². The molecule has 1 aromatic carbocycles. The van der Waals surface area contributed by atoms with E-state index in [2.05, 4.69) is 37.1 Å². The number of benzene rings is 1. The van der Waals surface area contributed by atoms with Gasteiger partial charge < -0.3 is 10.6 Å². The largest absolute Gasteiger partial charge is 0.330 e. The van der Waals surface area contributed by atoms with Crippen molar-refractivity contribution in [1.29, 1.82) is 0 Å². The fraction of sp³-hybridized carbons (Fsp3) is 0.647. The van der Waals surface area contributed by atoms with Crippen LogP contribution in [0.25, 0.3) is 0 Å². The third kappa shape index (κ3) is 4.05. The number of likely N-dealkylation sites (N-methyl/N-ethyl adjacent to an activating group) is 1. The first-order valence-electron chi connectivity index (χ1n) is 7.71. The first kappa shape index (κ1) is 14.5. The van der Waals surface area contributed by atoms with Crippen LogP contribution in [0.1, 0.15) is 42.9 Å². The van der Waals surface area contributed by atoms with Crippen LogP contribution in [0.2, 0.25) is 0 Å². The second-order valence-electron chi connectivity index (χ2n) is 5.97. The lowest BCUT2D eigenvalue weighted by Gasteiger charge is -2.24. The van der Waals surface area contributed by atoms with E-state index >= 15 is 0 Å². The monoisotopic (exact) mass is 260 g/mol. The molecular weight excluding hydrogens is 232 g/mol. The average molecular weight is 260 g/mol. The molecular formula is C17H28N2. The van der Waals surface area contributed by atoms with E-state index in [1.54, 1.807) is 11.1 Å². The molecule has 2 rings (SSSR count). The number of hydrogen-bond donors (Lipinski definition) is 1. The lowest BCUT2D eigenvalue weighted by atomic mass is 9.90. The van der Waals surface area contributed by atoms with Crippen molar-refractivity contribution in [1.82, 2.24) is 4.90 Å². The summed E-state index contributed by atoms with van der Waals surface area (Å²) in [6.07, 6.45) is 7.53. The molecule has 0 radical (unpaired) electrons. The molecule has 1 aromatic rings. The fourth-order valence-electron chi connectivity index (χ4n) is 2.93. The highest BCUT2D eigenvalue weighted by molar-refractivity contribution is 5.33. The summed E-state index contributed by atoms with van der Waals surface area (Å²) in [5.41, 5.74) is 10.3. The van der Waals surface area contributed by atoms with Gasteiger partial charge in [0.25, 0.3) is 0 Å². The molecule has 2 nitrogen and oxygen atoms in total. The van der Waals surface area contributed by atoms with Crippen LogP contribution in [0.15, 0.2) is 18.2 Å². The predicted molar refractivity (Wildman–Crippen MR) is 82.6 cm³/mol. The second-order valence-corrected chi connectivity index (χ2v) is 5.97. The Morgan fingerprint density at radius 3 is 2.68 bits per heavy atom. The fourth-order valence-corrected chi connectivity index (χ4v) is 2.93. The number of nitrogens with two attached hydrogens (primary N) is 1. The van der Waals surface area contributed by atoms with E-state index in [1.165, 1.54) is 31.2 Å². The van der Waals surface area contributed by atoms with Crippen LogP contribution in [0, 0.1) is 0 Å². The zero-order valence-corrected chi connectivity index (χ0v) is 12.5. The van der Waals surface area contributed by atoms with Crippen LogP contribution in [-0.4, -0.2) is 31.1 Å². The van der Waals surface area contributed by atoms with Crippen molar-refractivity contribution < 1.29 is 0 Å². The molecule has 1 aliphatic carbocycles. The number of nitrogens with zero attached hydrogens (tertiary/aromatic N) is 1. The SMILES string of the molecule is CC(CCN)N(C)CCc1ccc2c(c1)CCCC2. The van der Waals surface area contributed by atoms with Gasteiger partial charge >= 0.3 is 0 Å². The first-order valence-corrected chi connectivity index (χ1v) is 7.71. The molecule has 0 bridgehead atoms. The van der Waals surface area contributed by atoms with E-state index in [0.717, 1.165) is 25.9 Å². The minimum Gasteiger partial charge on any atom is -0.330 e. The van der Waals surface area contributed by atoms with Crippen molar-refractivity contribution in [2.75, 3.05) is 20.1 Å². The summed E-state index contributed by atoms with van der Waals surface area (Å²) in [7, 11) is 2.21. The highest BCUT2D eigenvalue weighted by Gasteiger charge is 2.11. The summed E-state index contributed by atoms with van der Waals surface area (Å²) in [6.45, 7) is 4.17. The number of aryl methyl sites for hydroxylation is 2. The Kier molecular flexibility index (Phi) is 5.41. The molecule has 1 aliphatic rings. The van der Waals surface area contributed by atoms with Crippen LogP contribution in [-0.2, 0) is 19.3 Å². The van der Waals surface area contributed by atoms with Crippen molar-refractivity contribution >= 4 is 0 Å². The Morgan fingerprint density at radius 2 is 1.95 bits per heavy atom. The van der Waals surface area contributed by atoms with Gasteiger partial charge in [-0.25, -0.2) is 0 Å². The molecule has 0 fully saturated rings. The summed E-state index contributed by atoms with van der Waals surface area (Å²) in [4.78, 5) is 2.42. The Labute approximate surface area is 118 Å². The van der Waals surface area contributed by atoms with E-state index in [9.17, 15) is 0 Å². The molecule has 0 heterocycles. The summed E-state index contributed by atoms with van der Waals surface area (Å²) < 4.78 is 0. The van der Waals surface area contributed by atoms with Gasteiger partial charge in [-0.1, -0.05) is 18.2 Å². The van der Waals surface area contributed by atoms with Crippen LogP contribution in [0.4, 0.5) is 0 Å². The molecule has 0 aromatic heterocycles. The van der Waals surface area contributed by atoms with Crippen molar-refractivity contribution in [2.24, 2.45) is 5.73 Å². The van der Waals surface area contributed by atoms with Gasteiger partial charge in [-0.3, -0.25) is 0 Å². The number of fused-ring (bicyclic) bond motifs is 1. The molecule has 1 unspecified atom stereocenters. The van der Waals surface area contributed by atoms with Gasteiger partial charge in [0.1, 0.15) is 0 Å². The summed E-state index contributed by atoms with van der Waals surface area (Å²) in [5.74, 6) is 0. The normalized spacial score (nSPS) is 16.4. The van der Waals surface area contributed by atoms with Crippen LogP contribution in [0.3, 0.4) is 0 Å². The number of hydrogen-bond acceptors (Lipinski definition) is 2. The maximum Gasteiger partial charge on any atom is 0.00760 e. The predicted octanol–water partition coefficient (Wildman–Crippen LogP) is 2.78. The maximum atomic E-state index is 5.62. The summed E-state index contributed by atoms with van der Waals surface area (Å²) in [6, 6.07) is 7.71. The second kappa shape index (κ2) is 7.06. The molecule has 19 heavy (non-hydrogen) atoms. The molecule has 106 valence electrons. The Hall–Kier alpha value is -0.860. The van der Waals surface area contributed by atoms with Crippen LogP contribution < -0.4 is 5.73 Å². The van der Waals surface area contributed by atoms with E-state index < -0.39 is 0 Å². The Balaban J connectivity index is 1.89. The molecule has 2 N–H and O–H groups in total. The smallest absolute Gasteiger partial charge is 0.00760 e. The minimum atomic E-state index is 0.586. The molecule has 1 atom stereocenters. The van der Waals surface area contributed by atoms with Gasteiger partial charge in [-0.15, -0.1) is 0 Å². The van der Waals surface area contributed by atoms with Crippen molar-refractivity contribution in [3.8, 4) is 0 Å². The third-order valence-electron chi connectivity index (χ3n) is 4.50. The molecule has 0 saturated heterocycles. The lowest BCUT2D eigenvalue weighted by molar-refractivity contribution is 0.251. The number of rotatable bonds is 6. The molecule has 0 aliphatic heterocycles. The Morgan fingerprint density at radius 1 is 1.21 bits per heavy atom. The zero-order valence-electron chi connectivity index (χ0n) is 12.5. The maximum absolute atomic E-state index is 5.62. The summed E-state index contributed by atoms with van der Waals surface area (Å²) >= 11 is 0. The van der Waals surface area contributed by atoms with Gasteiger partial charge in [0.15, 0.2) is 0 Å². The van der Waals surface area contributed by atoms with Crippen LogP contribution >= 0.6 is 0 Å². The Bertz CT molecular complexity index is 400. The highest BCUT2D eigenvalue weighted by Crippen LogP contribution is 2.22. The van der Waals surface area contributed by atoms with Crippen molar-refractivity contribution in [3.63, 3.8) is 0 Å². The van der Waals surface area contributed by atoms with Crippen LogP contribution in [0.5, 0.6) is 0 Å². The zero-order chi connectivity index (χ0) is 13.7. The molecule has 2 heteroatoms. The van der Waals surface area contributed by atoms with E-state index in [4.69, 9.17) is 5.73 Å². The van der Waals surface area contributed by atoms with E-state index in [0.29, 0.717) is 6.04 Å². The molecule has 0 saturated carbocycles. The van der Waals surface area contributed by atoms with Gasteiger partial charge in [0.2, 0.25) is 0 Å². The van der Waals surface area contributed by atoms with Gasteiger partial charge in [0.05, 0.1) is 0 Å². The summed E-state index contributed by atoms with van der Waals surface area (Å²) in [5, 5.41) is 0. The van der Waals surface area contributed by atoms with Gasteiger partial charge in [-0.05, 0) is 75.7 Å². The first-order chi connectivity index (χ1) is 9.20. The van der Waals surface area contributed by atoms with Gasteiger partial charge in [0, 0.05) is 12.6 Å². The molecule has 0 spiro atoms. The quantitative estimate of drug-likeness (QED) is 0.852. The lowest BCUT2D eigenvalue weighted by Crippen LogP contribution is -2.32. The van der Waals surface area contributed by atoms with Crippen molar-refractivity contribution in [3.05, 3.63) is 34.9 Å². The van der Waals surface area contributed by atoms with Gasteiger partial charge in [-0.2, -0.15) is 0 Å². The minimum absolute atomic E-state index is 0.586. The molecule has 0 amide bonds. The average Bonchev–Trinajstić information content (AvgIpc) is 2.44. The highest BCUT2D eigenvalue weighted by atomic mass is 15.1. The van der Waals surface area contributed by atoms with Crippen molar-refractivity contribution in [2.45, 2.75) is 51.5 Å². The van der Waals surface area contributed by atoms with E-state index in [-0.39, 0.29) is 0 Å². The van der Waals surface area contributed by atoms with E-state index in [1.807, 2.05) is 0 Å².